The Morgan fingerprint density at radius 2 is 1.92 bits per heavy atom. The van der Waals surface area contributed by atoms with Crippen LogP contribution in [-0.4, -0.2) is 26.4 Å². The summed E-state index contributed by atoms with van der Waals surface area (Å²) in [4.78, 5) is 12.4. The van der Waals surface area contributed by atoms with Crippen LogP contribution in [0, 0.1) is 10.1 Å². The van der Waals surface area contributed by atoms with Gasteiger partial charge in [-0.1, -0.05) is 23.7 Å². The van der Waals surface area contributed by atoms with Crippen LogP contribution < -0.4 is 9.62 Å². The smallest absolute Gasteiger partial charge is 0.293 e. The number of benzene rings is 2. The second-order valence-corrected chi connectivity index (χ2v) is 8.32. The van der Waals surface area contributed by atoms with Crippen molar-refractivity contribution >= 4 is 33.0 Å². The summed E-state index contributed by atoms with van der Waals surface area (Å²) in [5, 5.41) is 12.1. The molecule has 1 N–H and O–H groups in total. The van der Waals surface area contributed by atoms with Crippen LogP contribution in [0.1, 0.15) is 19.4 Å². The van der Waals surface area contributed by atoms with Crippen LogP contribution in [0.3, 0.4) is 0 Å². The van der Waals surface area contributed by atoms with Gasteiger partial charge in [0.25, 0.3) is 5.69 Å². The van der Waals surface area contributed by atoms with Crippen molar-refractivity contribution in [2.24, 2.45) is 0 Å². The molecule has 0 saturated heterocycles. The Morgan fingerprint density at radius 3 is 2.50 bits per heavy atom. The third kappa shape index (κ3) is 4.94. The molecule has 2 rings (SSSR count). The van der Waals surface area contributed by atoms with E-state index in [4.69, 9.17) is 11.6 Å². The molecule has 0 aliphatic heterocycles. The summed E-state index contributed by atoms with van der Waals surface area (Å²) in [7, 11) is -2.11. The zero-order valence-electron chi connectivity index (χ0n) is 14.6. The third-order valence-corrected chi connectivity index (χ3v) is 5.46. The molecule has 0 spiro atoms. The normalized spacial score (nSPS) is 11.6. The summed E-state index contributed by atoms with van der Waals surface area (Å²) in [6, 6.07) is 10.7. The molecule has 26 heavy (non-hydrogen) atoms. The highest BCUT2D eigenvalue weighted by molar-refractivity contribution is 7.89. The average molecular weight is 398 g/mol. The number of anilines is 1. The van der Waals surface area contributed by atoms with Crippen LogP contribution in [0.2, 0.25) is 5.02 Å². The molecule has 0 fully saturated rings. The van der Waals surface area contributed by atoms with E-state index in [-0.39, 0.29) is 16.6 Å². The monoisotopic (exact) mass is 397 g/mol. The number of nitro benzene ring substituents is 1. The summed E-state index contributed by atoms with van der Waals surface area (Å²) in [6.45, 7) is 3.75. The molecule has 0 amide bonds. The minimum absolute atomic E-state index is 0.141. The molecule has 9 heteroatoms. The largest absolute Gasteiger partial charge is 0.365 e. The standard InChI is InChI=1S/C17H20ClN3O4S/c1-12(2)19-26(24,25)15-7-8-16(17(10-15)21(22)23)20(3)11-13-5-4-6-14(18)9-13/h4-10,12,19H,11H2,1-3H3. The van der Waals surface area contributed by atoms with E-state index in [1.807, 2.05) is 6.07 Å². The van der Waals surface area contributed by atoms with Gasteiger partial charge in [-0.05, 0) is 43.7 Å². The summed E-state index contributed by atoms with van der Waals surface area (Å²) < 4.78 is 26.9. The van der Waals surface area contributed by atoms with E-state index in [1.165, 1.54) is 12.1 Å². The molecule has 0 bridgehead atoms. The summed E-state index contributed by atoms with van der Waals surface area (Å²) in [5.41, 5.74) is 0.923. The van der Waals surface area contributed by atoms with Crippen molar-refractivity contribution < 1.29 is 13.3 Å². The van der Waals surface area contributed by atoms with E-state index < -0.39 is 14.9 Å². The van der Waals surface area contributed by atoms with Crippen molar-refractivity contribution in [3.05, 3.63) is 63.2 Å². The highest BCUT2D eigenvalue weighted by Crippen LogP contribution is 2.31. The fourth-order valence-corrected chi connectivity index (χ4v) is 4.00. The van der Waals surface area contributed by atoms with Crippen molar-refractivity contribution in [3.63, 3.8) is 0 Å². The maximum Gasteiger partial charge on any atom is 0.293 e. The van der Waals surface area contributed by atoms with Gasteiger partial charge >= 0.3 is 0 Å². The lowest BCUT2D eigenvalue weighted by Gasteiger charge is -2.20. The van der Waals surface area contributed by atoms with E-state index in [1.54, 1.807) is 44.0 Å². The number of hydrogen-bond acceptors (Lipinski definition) is 5. The Labute approximate surface area is 157 Å². The van der Waals surface area contributed by atoms with Crippen LogP contribution >= 0.6 is 11.6 Å². The molecule has 0 aliphatic carbocycles. The fourth-order valence-electron chi connectivity index (χ4n) is 2.51. The number of sulfonamides is 1. The second-order valence-electron chi connectivity index (χ2n) is 6.17. The van der Waals surface area contributed by atoms with Gasteiger partial charge in [0.1, 0.15) is 5.69 Å². The van der Waals surface area contributed by atoms with Gasteiger partial charge in [0.05, 0.1) is 9.82 Å². The highest BCUT2D eigenvalue weighted by atomic mass is 35.5. The van der Waals surface area contributed by atoms with Crippen molar-refractivity contribution in [1.29, 1.82) is 0 Å². The molecule has 0 heterocycles. The maximum absolute atomic E-state index is 12.3. The van der Waals surface area contributed by atoms with Crippen LogP contribution in [-0.2, 0) is 16.6 Å². The van der Waals surface area contributed by atoms with Crippen LogP contribution in [0.4, 0.5) is 11.4 Å². The van der Waals surface area contributed by atoms with Crippen LogP contribution in [0.5, 0.6) is 0 Å². The van der Waals surface area contributed by atoms with E-state index in [0.29, 0.717) is 17.3 Å². The molecule has 0 radical (unpaired) electrons. The van der Waals surface area contributed by atoms with Gasteiger partial charge < -0.3 is 4.90 Å². The second kappa shape index (κ2) is 8.03. The minimum atomic E-state index is -3.81. The predicted octanol–water partition coefficient (Wildman–Crippen LogP) is 3.57. The van der Waals surface area contributed by atoms with Crippen molar-refractivity contribution in [1.82, 2.24) is 4.72 Å². The van der Waals surface area contributed by atoms with Gasteiger partial charge in [0.2, 0.25) is 10.0 Å². The molecular formula is C17H20ClN3O4S. The Bertz CT molecular complexity index is 916. The predicted molar refractivity (Wildman–Crippen MR) is 102 cm³/mol. The van der Waals surface area contributed by atoms with E-state index >= 15 is 0 Å². The first-order valence-electron chi connectivity index (χ1n) is 7.86. The topological polar surface area (TPSA) is 92.6 Å². The maximum atomic E-state index is 12.3. The molecule has 0 aromatic heterocycles. The van der Waals surface area contributed by atoms with Crippen LogP contribution in [0.25, 0.3) is 0 Å². The molecular weight excluding hydrogens is 378 g/mol. The third-order valence-electron chi connectivity index (χ3n) is 3.56. The first-order valence-corrected chi connectivity index (χ1v) is 9.72. The lowest BCUT2D eigenvalue weighted by atomic mass is 10.2. The molecule has 140 valence electrons. The number of nitrogens with one attached hydrogen (secondary N) is 1. The molecule has 0 atom stereocenters. The number of hydrogen-bond donors (Lipinski definition) is 1. The van der Waals surface area contributed by atoms with Gasteiger partial charge in [0, 0.05) is 30.7 Å². The Balaban J connectivity index is 2.38. The minimum Gasteiger partial charge on any atom is -0.365 e. The number of rotatable bonds is 7. The van der Waals surface area contributed by atoms with Crippen molar-refractivity contribution in [3.8, 4) is 0 Å². The molecule has 0 saturated carbocycles. The van der Waals surface area contributed by atoms with Crippen LogP contribution in [0.15, 0.2) is 47.4 Å². The van der Waals surface area contributed by atoms with Crippen molar-refractivity contribution in [2.45, 2.75) is 31.3 Å². The number of nitrogens with zero attached hydrogens (tertiary/aromatic N) is 2. The van der Waals surface area contributed by atoms with Gasteiger partial charge in [-0.25, -0.2) is 13.1 Å². The number of halogens is 1. The van der Waals surface area contributed by atoms with E-state index in [2.05, 4.69) is 4.72 Å². The first kappa shape index (κ1) is 20.2. The molecule has 0 aliphatic rings. The first-order chi connectivity index (χ1) is 12.1. The lowest BCUT2D eigenvalue weighted by molar-refractivity contribution is -0.384. The van der Waals surface area contributed by atoms with E-state index in [9.17, 15) is 18.5 Å². The molecule has 7 nitrogen and oxygen atoms in total. The molecule has 2 aromatic carbocycles. The summed E-state index contributed by atoms with van der Waals surface area (Å²) >= 11 is 5.97. The van der Waals surface area contributed by atoms with Crippen molar-refractivity contribution in [2.75, 3.05) is 11.9 Å². The Kier molecular flexibility index (Phi) is 6.22. The zero-order chi connectivity index (χ0) is 19.5. The van der Waals surface area contributed by atoms with Gasteiger partial charge in [-0.15, -0.1) is 0 Å². The summed E-state index contributed by atoms with van der Waals surface area (Å²) in [6.07, 6.45) is 0. The summed E-state index contributed by atoms with van der Waals surface area (Å²) in [5.74, 6) is 0. The number of nitro groups is 1. The quantitative estimate of drug-likeness (QED) is 0.569. The lowest BCUT2D eigenvalue weighted by Crippen LogP contribution is -2.30. The highest BCUT2D eigenvalue weighted by Gasteiger charge is 2.23. The molecule has 0 unspecified atom stereocenters. The zero-order valence-corrected chi connectivity index (χ0v) is 16.2. The van der Waals surface area contributed by atoms with Gasteiger partial charge in [-0.2, -0.15) is 0 Å². The Morgan fingerprint density at radius 1 is 1.23 bits per heavy atom. The average Bonchev–Trinajstić information content (AvgIpc) is 2.53. The molecule has 2 aromatic rings. The van der Waals surface area contributed by atoms with Gasteiger partial charge in [0.15, 0.2) is 0 Å². The fraction of sp³-hybridized carbons (Fsp3) is 0.294. The van der Waals surface area contributed by atoms with Gasteiger partial charge in [-0.3, -0.25) is 10.1 Å². The Hall–Kier alpha value is -2.16. The SMILES string of the molecule is CC(C)NS(=O)(=O)c1ccc(N(C)Cc2cccc(Cl)c2)c([N+](=O)[O-])c1. The van der Waals surface area contributed by atoms with E-state index in [0.717, 1.165) is 11.6 Å².